The van der Waals surface area contributed by atoms with Gasteiger partial charge in [0.2, 0.25) is 0 Å². The van der Waals surface area contributed by atoms with Crippen molar-refractivity contribution >= 4 is 11.9 Å². The molecule has 0 spiro atoms. The SMILES string of the molecule is COC(=O)c1c(OC[C@@H]2CCCCO2)cc(=O)n2c1CCN(C(=O)C#Cc1ccccc1)CC2. The van der Waals surface area contributed by atoms with Crippen LogP contribution in [0, 0.1) is 11.8 Å². The molecule has 1 aromatic heterocycles. The molecule has 178 valence electrons. The predicted octanol–water partition coefficient (Wildman–Crippen LogP) is 2.02. The van der Waals surface area contributed by atoms with Crippen LogP contribution < -0.4 is 10.3 Å². The number of carbonyl (C=O) groups is 2. The summed E-state index contributed by atoms with van der Waals surface area (Å²) in [5.41, 5.74) is 1.20. The first kappa shape index (κ1) is 23.6. The van der Waals surface area contributed by atoms with Crippen LogP contribution >= 0.6 is 0 Å². The van der Waals surface area contributed by atoms with Crippen LogP contribution in [-0.4, -0.2) is 60.9 Å². The predicted molar refractivity (Wildman–Crippen MR) is 125 cm³/mol. The van der Waals surface area contributed by atoms with Crippen LogP contribution in [0.1, 0.15) is 40.9 Å². The van der Waals surface area contributed by atoms with Crippen molar-refractivity contribution in [1.29, 1.82) is 0 Å². The van der Waals surface area contributed by atoms with Gasteiger partial charge in [-0.25, -0.2) is 4.79 Å². The zero-order chi connectivity index (χ0) is 23.9. The first-order valence-corrected chi connectivity index (χ1v) is 11.5. The maximum atomic E-state index is 12.9. The summed E-state index contributed by atoms with van der Waals surface area (Å²) in [7, 11) is 1.30. The summed E-state index contributed by atoms with van der Waals surface area (Å²) < 4.78 is 18.1. The number of rotatable bonds is 4. The number of pyridine rings is 1. The lowest BCUT2D eigenvalue weighted by Gasteiger charge is -2.24. The smallest absolute Gasteiger partial charge is 0.343 e. The number of hydrogen-bond donors (Lipinski definition) is 0. The van der Waals surface area contributed by atoms with E-state index in [2.05, 4.69) is 11.8 Å². The van der Waals surface area contributed by atoms with Gasteiger partial charge in [0, 0.05) is 55.9 Å². The molecule has 0 unspecified atom stereocenters. The molecule has 1 atom stereocenters. The Kier molecular flexibility index (Phi) is 7.65. The molecule has 0 aliphatic carbocycles. The number of amides is 1. The third kappa shape index (κ3) is 5.49. The van der Waals surface area contributed by atoms with Crippen molar-refractivity contribution in [2.45, 2.75) is 38.3 Å². The van der Waals surface area contributed by atoms with Gasteiger partial charge in [-0.1, -0.05) is 24.1 Å². The topological polar surface area (TPSA) is 87.1 Å². The number of nitrogens with zero attached hydrogens (tertiary/aromatic N) is 2. The summed E-state index contributed by atoms with van der Waals surface area (Å²) in [6.07, 6.45) is 3.18. The molecule has 2 aromatic rings. The molecule has 0 saturated carbocycles. The zero-order valence-corrected chi connectivity index (χ0v) is 19.2. The molecule has 1 aromatic carbocycles. The van der Waals surface area contributed by atoms with Gasteiger partial charge >= 0.3 is 5.97 Å². The van der Waals surface area contributed by atoms with Gasteiger partial charge in [-0.15, -0.1) is 0 Å². The lowest BCUT2D eigenvalue weighted by Crippen LogP contribution is -2.33. The number of esters is 1. The fourth-order valence-electron chi connectivity index (χ4n) is 4.24. The Labute approximate surface area is 198 Å². The second-order valence-corrected chi connectivity index (χ2v) is 8.27. The lowest BCUT2D eigenvalue weighted by molar-refractivity contribution is -0.125. The van der Waals surface area contributed by atoms with E-state index < -0.39 is 5.97 Å². The highest BCUT2D eigenvalue weighted by atomic mass is 16.5. The fourth-order valence-corrected chi connectivity index (χ4v) is 4.24. The van der Waals surface area contributed by atoms with Crippen LogP contribution in [-0.2, 0) is 27.2 Å². The average molecular weight is 465 g/mol. The molecule has 0 bridgehead atoms. The van der Waals surface area contributed by atoms with E-state index in [9.17, 15) is 14.4 Å². The van der Waals surface area contributed by atoms with E-state index in [1.165, 1.54) is 17.7 Å². The Balaban J connectivity index is 1.55. The summed E-state index contributed by atoms with van der Waals surface area (Å²) in [5.74, 6) is 4.84. The summed E-state index contributed by atoms with van der Waals surface area (Å²) in [4.78, 5) is 39.9. The summed E-state index contributed by atoms with van der Waals surface area (Å²) >= 11 is 0. The van der Waals surface area contributed by atoms with E-state index >= 15 is 0 Å². The quantitative estimate of drug-likeness (QED) is 0.508. The van der Waals surface area contributed by atoms with E-state index in [-0.39, 0.29) is 42.0 Å². The molecule has 4 rings (SSSR count). The first-order chi connectivity index (χ1) is 16.6. The minimum atomic E-state index is -0.577. The van der Waals surface area contributed by atoms with Crippen molar-refractivity contribution in [1.82, 2.24) is 9.47 Å². The number of benzene rings is 1. The van der Waals surface area contributed by atoms with Crippen molar-refractivity contribution in [3.8, 4) is 17.6 Å². The van der Waals surface area contributed by atoms with Gasteiger partial charge in [-0.2, -0.15) is 0 Å². The number of fused-ring (bicyclic) bond motifs is 1. The molecular formula is C26H28N2O6. The molecule has 1 saturated heterocycles. The van der Waals surface area contributed by atoms with Crippen LogP contribution in [0.15, 0.2) is 41.2 Å². The zero-order valence-electron chi connectivity index (χ0n) is 19.2. The molecule has 0 N–H and O–H groups in total. The molecule has 2 aliphatic rings. The number of carbonyl (C=O) groups excluding carboxylic acids is 2. The van der Waals surface area contributed by atoms with Crippen molar-refractivity contribution < 1.29 is 23.8 Å². The second kappa shape index (κ2) is 11.0. The molecule has 0 radical (unpaired) electrons. The second-order valence-electron chi connectivity index (χ2n) is 8.27. The van der Waals surface area contributed by atoms with Crippen molar-refractivity contribution in [3.63, 3.8) is 0 Å². The third-order valence-corrected chi connectivity index (χ3v) is 6.06. The van der Waals surface area contributed by atoms with E-state index in [1.54, 1.807) is 4.90 Å². The average Bonchev–Trinajstić information content (AvgIpc) is 3.10. The highest BCUT2D eigenvalue weighted by molar-refractivity contribution is 5.95. The van der Waals surface area contributed by atoms with Crippen molar-refractivity contribution in [2.75, 3.05) is 33.4 Å². The largest absolute Gasteiger partial charge is 0.490 e. The van der Waals surface area contributed by atoms with Gasteiger partial charge < -0.3 is 23.7 Å². The Morgan fingerprint density at radius 2 is 1.97 bits per heavy atom. The molecule has 8 nitrogen and oxygen atoms in total. The minimum absolute atomic E-state index is 0.0721. The van der Waals surface area contributed by atoms with Crippen LogP contribution in [0.25, 0.3) is 0 Å². The summed E-state index contributed by atoms with van der Waals surface area (Å²) in [6.45, 7) is 1.82. The number of ether oxygens (including phenoxy) is 3. The molecule has 2 aliphatic heterocycles. The number of methoxy groups -OCH3 is 1. The Bertz CT molecular complexity index is 1160. The van der Waals surface area contributed by atoms with Crippen LogP contribution in [0.5, 0.6) is 5.75 Å². The maximum absolute atomic E-state index is 12.9. The molecule has 1 amide bonds. The van der Waals surface area contributed by atoms with Crippen molar-refractivity contribution in [2.24, 2.45) is 0 Å². The van der Waals surface area contributed by atoms with Gasteiger partial charge in [0.05, 0.1) is 13.2 Å². The fraction of sp³-hybridized carbons (Fsp3) is 0.423. The summed E-state index contributed by atoms with van der Waals surface area (Å²) in [5, 5.41) is 0. The van der Waals surface area contributed by atoms with Gasteiger partial charge in [-0.05, 0) is 31.4 Å². The highest BCUT2D eigenvalue weighted by Crippen LogP contribution is 2.25. The maximum Gasteiger partial charge on any atom is 0.343 e. The summed E-state index contributed by atoms with van der Waals surface area (Å²) in [6, 6.07) is 10.6. The molecule has 3 heterocycles. The van der Waals surface area contributed by atoms with E-state index in [1.807, 2.05) is 30.3 Å². The van der Waals surface area contributed by atoms with Gasteiger partial charge in [0.15, 0.2) is 0 Å². The highest BCUT2D eigenvalue weighted by Gasteiger charge is 2.27. The minimum Gasteiger partial charge on any atom is -0.490 e. The Hall–Kier alpha value is -3.57. The monoisotopic (exact) mass is 464 g/mol. The lowest BCUT2D eigenvalue weighted by atomic mass is 10.1. The normalized spacial score (nSPS) is 17.6. The molecule has 34 heavy (non-hydrogen) atoms. The van der Waals surface area contributed by atoms with Crippen molar-refractivity contribution in [3.05, 3.63) is 63.6 Å². The van der Waals surface area contributed by atoms with Crippen LogP contribution in [0.2, 0.25) is 0 Å². The molecule has 8 heteroatoms. The first-order valence-electron chi connectivity index (χ1n) is 11.5. The van der Waals surface area contributed by atoms with Gasteiger partial charge in [0.25, 0.3) is 11.5 Å². The van der Waals surface area contributed by atoms with Crippen LogP contribution in [0.4, 0.5) is 0 Å². The molecule has 1 fully saturated rings. The number of aromatic nitrogens is 1. The van der Waals surface area contributed by atoms with Gasteiger partial charge in [0.1, 0.15) is 17.9 Å². The van der Waals surface area contributed by atoms with Gasteiger partial charge in [-0.3, -0.25) is 9.59 Å². The standard InChI is InChI=1S/C26H28N2O6/c1-32-26(31)25-21-12-13-27(23(29)11-10-19-7-3-2-4-8-19)14-15-28(21)24(30)17-22(25)34-18-20-9-5-6-16-33-20/h2-4,7-8,17,20H,5-6,9,12-16,18H2,1H3/t20-/m0/s1. The van der Waals surface area contributed by atoms with Crippen LogP contribution in [0.3, 0.4) is 0 Å². The Morgan fingerprint density at radius 3 is 2.71 bits per heavy atom. The number of hydrogen-bond acceptors (Lipinski definition) is 6. The molecular weight excluding hydrogens is 436 g/mol. The third-order valence-electron chi connectivity index (χ3n) is 6.06. The van der Waals surface area contributed by atoms with E-state index in [0.29, 0.717) is 31.8 Å². The Morgan fingerprint density at radius 1 is 1.15 bits per heavy atom. The van der Waals surface area contributed by atoms with E-state index in [0.717, 1.165) is 24.8 Å². The van der Waals surface area contributed by atoms with E-state index in [4.69, 9.17) is 14.2 Å².